The third-order valence-corrected chi connectivity index (χ3v) is 4.96. The van der Waals surface area contributed by atoms with Gasteiger partial charge in [0.15, 0.2) is 11.5 Å². The quantitative estimate of drug-likeness (QED) is 0.567. The molecule has 4 rings (SSSR count). The van der Waals surface area contributed by atoms with Gasteiger partial charge in [-0.3, -0.25) is 4.79 Å². The lowest BCUT2D eigenvalue weighted by Gasteiger charge is -2.25. The summed E-state index contributed by atoms with van der Waals surface area (Å²) in [6.07, 6.45) is 2.30. The van der Waals surface area contributed by atoms with Crippen molar-refractivity contribution in [2.24, 2.45) is 5.73 Å². The lowest BCUT2D eigenvalue weighted by molar-refractivity contribution is 0.0995. The molecule has 1 amide bonds. The van der Waals surface area contributed by atoms with E-state index >= 15 is 0 Å². The predicted octanol–water partition coefficient (Wildman–Crippen LogP) is 2.63. The fraction of sp³-hybridized carbons (Fsp3) is 0.211. The zero-order valence-corrected chi connectivity index (χ0v) is 16.7. The van der Waals surface area contributed by atoms with Gasteiger partial charge < -0.3 is 21.3 Å². The Balaban J connectivity index is 1.66. The number of carbonyl (C=O) groups is 1. The number of hydrogen-bond donors (Lipinski definition) is 3. The van der Waals surface area contributed by atoms with Crippen molar-refractivity contribution in [1.29, 1.82) is 0 Å². The molecule has 3 heterocycles. The Hall–Kier alpha value is -3.37. The maximum atomic E-state index is 14.6. The first kappa shape index (κ1) is 19.9. The van der Waals surface area contributed by atoms with Crippen molar-refractivity contribution >= 4 is 40.8 Å². The Morgan fingerprint density at radius 2 is 2.07 bits per heavy atom. The van der Waals surface area contributed by atoms with Gasteiger partial charge in [0.1, 0.15) is 11.6 Å². The first-order valence-corrected chi connectivity index (χ1v) is 9.47. The van der Waals surface area contributed by atoms with Gasteiger partial charge in [-0.25, -0.2) is 9.37 Å². The average molecular weight is 429 g/mol. The number of nitrogens with one attached hydrogen (secondary N) is 2. The smallest absolute Gasteiger partial charge is 0.273 e. The zero-order valence-electron chi connectivity index (χ0n) is 16.0. The molecule has 3 aromatic rings. The van der Waals surface area contributed by atoms with E-state index in [-0.39, 0.29) is 29.0 Å². The lowest BCUT2D eigenvalue weighted by Crippen LogP contribution is -2.26. The summed E-state index contributed by atoms with van der Waals surface area (Å²) < 4.78 is 14.6. The van der Waals surface area contributed by atoms with E-state index in [1.165, 1.54) is 12.3 Å². The number of amides is 1. The second-order valence-electron chi connectivity index (χ2n) is 6.87. The lowest BCUT2D eigenvalue weighted by atomic mass is 9.99. The Bertz CT molecular complexity index is 1130. The van der Waals surface area contributed by atoms with Gasteiger partial charge in [-0.05, 0) is 48.9 Å². The maximum absolute atomic E-state index is 14.6. The Kier molecular flexibility index (Phi) is 5.42. The number of benzene rings is 1. The SMILES string of the molecule is CN1CCc2cc(F)c(Nc3nnc(C(N)=O)c(Nc4ncccc4Cl)n3)cc2C1. The minimum Gasteiger partial charge on any atom is -0.364 e. The predicted molar refractivity (Wildman–Crippen MR) is 111 cm³/mol. The maximum Gasteiger partial charge on any atom is 0.273 e. The third-order valence-electron chi connectivity index (χ3n) is 4.65. The highest BCUT2D eigenvalue weighted by molar-refractivity contribution is 6.33. The number of pyridine rings is 1. The van der Waals surface area contributed by atoms with Crippen LogP contribution in [-0.4, -0.2) is 44.6 Å². The van der Waals surface area contributed by atoms with Crippen molar-refractivity contribution in [2.75, 3.05) is 24.2 Å². The van der Waals surface area contributed by atoms with Crippen LogP contribution in [0.5, 0.6) is 0 Å². The van der Waals surface area contributed by atoms with E-state index in [9.17, 15) is 9.18 Å². The van der Waals surface area contributed by atoms with Crippen LogP contribution in [0.15, 0.2) is 30.5 Å². The molecule has 0 aliphatic carbocycles. The number of fused-ring (bicyclic) bond motifs is 1. The van der Waals surface area contributed by atoms with Crippen molar-refractivity contribution in [2.45, 2.75) is 13.0 Å². The van der Waals surface area contributed by atoms with Crippen molar-refractivity contribution in [1.82, 2.24) is 25.1 Å². The standard InChI is InChI=1S/C19H18ClFN8O/c1-29-6-4-10-7-13(21)14(8-11(10)9-29)24-19-26-18(15(16(22)30)27-28-19)25-17-12(20)3-2-5-23-17/h2-3,5,7-8H,4,6,9H2,1H3,(H2,22,30)(H2,23,24,25,26,28). The highest BCUT2D eigenvalue weighted by Gasteiger charge is 2.19. The highest BCUT2D eigenvalue weighted by Crippen LogP contribution is 2.28. The topological polar surface area (TPSA) is 122 Å². The molecular weight excluding hydrogens is 411 g/mol. The number of nitrogens with zero attached hydrogens (tertiary/aromatic N) is 5. The molecule has 1 aromatic carbocycles. The molecule has 1 aliphatic heterocycles. The molecule has 0 radical (unpaired) electrons. The van der Waals surface area contributed by atoms with Crippen LogP contribution in [0.2, 0.25) is 5.02 Å². The van der Waals surface area contributed by atoms with Gasteiger partial charge in [0.25, 0.3) is 5.91 Å². The molecule has 30 heavy (non-hydrogen) atoms. The van der Waals surface area contributed by atoms with Crippen molar-refractivity contribution < 1.29 is 9.18 Å². The van der Waals surface area contributed by atoms with Crippen LogP contribution in [0, 0.1) is 5.82 Å². The number of likely N-dealkylation sites (N-methyl/N-ethyl adjacent to an activating group) is 1. The number of halogens is 2. The van der Waals surface area contributed by atoms with Crippen LogP contribution in [-0.2, 0) is 13.0 Å². The Labute approximate surface area is 176 Å². The number of primary amides is 1. The summed E-state index contributed by atoms with van der Waals surface area (Å²) in [5.74, 6) is -1.02. The second-order valence-corrected chi connectivity index (χ2v) is 7.28. The van der Waals surface area contributed by atoms with E-state index < -0.39 is 11.7 Å². The first-order valence-electron chi connectivity index (χ1n) is 9.09. The number of rotatable bonds is 5. The largest absolute Gasteiger partial charge is 0.364 e. The fourth-order valence-corrected chi connectivity index (χ4v) is 3.33. The average Bonchev–Trinajstić information content (AvgIpc) is 2.70. The minimum atomic E-state index is -0.834. The molecule has 1 aliphatic rings. The van der Waals surface area contributed by atoms with Crippen LogP contribution in [0.4, 0.5) is 27.7 Å². The molecule has 0 atom stereocenters. The fourth-order valence-electron chi connectivity index (χ4n) is 3.16. The van der Waals surface area contributed by atoms with E-state index in [0.29, 0.717) is 5.02 Å². The van der Waals surface area contributed by atoms with E-state index in [0.717, 1.165) is 30.6 Å². The first-order chi connectivity index (χ1) is 14.4. The van der Waals surface area contributed by atoms with E-state index in [1.54, 1.807) is 18.2 Å². The van der Waals surface area contributed by atoms with Crippen LogP contribution in [0.25, 0.3) is 0 Å². The van der Waals surface area contributed by atoms with Gasteiger partial charge in [0.2, 0.25) is 5.95 Å². The molecule has 0 saturated carbocycles. The molecule has 0 fully saturated rings. The number of nitrogens with two attached hydrogens (primary N) is 1. The van der Waals surface area contributed by atoms with E-state index in [4.69, 9.17) is 17.3 Å². The van der Waals surface area contributed by atoms with Crippen molar-refractivity contribution in [3.63, 3.8) is 0 Å². The molecule has 9 nitrogen and oxygen atoms in total. The highest BCUT2D eigenvalue weighted by atomic mass is 35.5. The molecule has 154 valence electrons. The number of hydrogen-bond acceptors (Lipinski definition) is 8. The number of anilines is 4. The van der Waals surface area contributed by atoms with Crippen LogP contribution >= 0.6 is 11.6 Å². The number of aromatic nitrogens is 4. The van der Waals surface area contributed by atoms with Crippen molar-refractivity contribution in [3.05, 3.63) is 58.1 Å². The van der Waals surface area contributed by atoms with Crippen LogP contribution < -0.4 is 16.4 Å². The van der Waals surface area contributed by atoms with Gasteiger partial charge in [-0.2, -0.15) is 4.98 Å². The normalized spacial score (nSPS) is 13.6. The summed E-state index contributed by atoms with van der Waals surface area (Å²) in [5.41, 5.74) is 7.37. The second kappa shape index (κ2) is 8.17. The van der Waals surface area contributed by atoms with E-state index in [2.05, 4.69) is 35.7 Å². The van der Waals surface area contributed by atoms with Gasteiger partial charge in [0.05, 0.1) is 10.7 Å². The van der Waals surface area contributed by atoms with Gasteiger partial charge in [-0.1, -0.05) is 11.6 Å². The van der Waals surface area contributed by atoms with Crippen molar-refractivity contribution in [3.8, 4) is 0 Å². The monoisotopic (exact) mass is 428 g/mol. The van der Waals surface area contributed by atoms with E-state index in [1.807, 2.05) is 7.05 Å². The Morgan fingerprint density at radius 3 is 2.83 bits per heavy atom. The van der Waals surface area contributed by atoms with Gasteiger partial charge >= 0.3 is 0 Å². The summed E-state index contributed by atoms with van der Waals surface area (Å²) >= 11 is 6.10. The van der Waals surface area contributed by atoms with Gasteiger partial charge in [0, 0.05) is 19.3 Å². The summed E-state index contributed by atoms with van der Waals surface area (Å²) in [5, 5.41) is 13.6. The Morgan fingerprint density at radius 1 is 1.23 bits per heavy atom. The van der Waals surface area contributed by atoms with Crippen LogP contribution in [0.1, 0.15) is 21.6 Å². The summed E-state index contributed by atoms with van der Waals surface area (Å²) in [7, 11) is 2.01. The molecule has 0 unspecified atom stereocenters. The molecule has 0 bridgehead atoms. The summed E-state index contributed by atoms with van der Waals surface area (Å²) in [6.45, 7) is 1.60. The summed E-state index contributed by atoms with van der Waals surface area (Å²) in [6, 6.07) is 6.52. The molecule has 11 heteroatoms. The molecule has 0 saturated heterocycles. The van der Waals surface area contributed by atoms with Gasteiger partial charge in [-0.15, -0.1) is 10.2 Å². The third kappa shape index (κ3) is 4.14. The van der Waals surface area contributed by atoms with Crippen LogP contribution in [0.3, 0.4) is 0 Å². The minimum absolute atomic E-state index is 0.00120. The zero-order chi connectivity index (χ0) is 21.3. The number of carbonyl (C=O) groups excluding carboxylic acids is 1. The molecule has 2 aromatic heterocycles. The molecule has 4 N–H and O–H groups in total. The molecular formula is C19H18ClFN8O. The summed E-state index contributed by atoms with van der Waals surface area (Å²) in [4.78, 5) is 22.2. The molecule has 0 spiro atoms.